The number of halogens is 1. The van der Waals surface area contributed by atoms with Crippen molar-refractivity contribution in [3.63, 3.8) is 0 Å². The summed E-state index contributed by atoms with van der Waals surface area (Å²) in [7, 11) is 0. The number of benzene rings is 1. The average molecular weight is 279 g/mol. The van der Waals surface area contributed by atoms with E-state index in [2.05, 4.69) is 5.10 Å². The van der Waals surface area contributed by atoms with E-state index in [0.29, 0.717) is 11.4 Å². The largest absolute Gasteiger partial charge is 0.385 e. The number of hydrogen-bond acceptors (Lipinski definition) is 2. The maximum Gasteiger partial charge on any atom is 0.0924 e. The van der Waals surface area contributed by atoms with Gasteiger partial charge in [-0.05, 0) is 26.3 Å². The maximum atomic E-state index is 10.7. The van der Waals surface area contributed by atoms with Crippen molar-refractivity contribution in [2.75, 3.05) is 0 Å². The summed E-state index contributed by atoms with van der Waals surface area (Å²) in [5.74, 6) is 0. The van der Waals surface area contributed by atoms with Crippen molar-refractivity contribution in [3.8, 4) is 0 Å². The second-order valence-electron chi connectivity index (χ2n) is 4.98. The second kappa shape index (κ2) is 5.35. The van der Waals surface area contributed by atoms with Crippen molar-refractivity contribution in [2.24, 2.45) is 0 Å². The van der Waals surface area contributed by atoms with Gasteiger partial charge in [0.05, 0.1) is 22.0 Å². The highest BCUT2D eigenvalue weighted by atomic mass is 35.5. The molecule has 0 saturated carbocycles. The monoisotopic (exact) mass is 278 g/mol. The predicted octanol–water partition coefficient (Wildman–Crippen LogP) is 3.32. The SMILES string of the molecule is CCn1nc(C)c(Cl)c1CC(C)(O)c1ccccc1. The molecule has 1 atom stereocenters. The molecule has 1 heterocycles. The van der Waals surface area contributed by atoms with Gasteiger partial charge in [0.25, 0.3) is 0 Å². The lowest BCUT2D eigenvalue weighted by Crippen LogP contribution is -2.26. The van der Waals surface area contributed by atoms with Crippen LogP contribution in [0.2, 0.25) is 5.02 Å². The molecule has 19 heavy (non-hydrogen) atoms. The van der Waals surface area contributed by atoms with Gasteiger partial charge in [-0.1, -0.05) is 41.9 Å². The predicted molar refractivity (Wildman–Crippen MR) is 77.4 cm³/mol. The first kappa shape index (κ1) is 14.1. The van der Waals surface area contributed by atoms with Gasteiger partial charge in [0.2, 0.25) is 0 Å². The summed E-state index contributed by atoms with van der Waals surface area (Å²) >= 11 is 6.29. The minimum absolute atomic E-state index is 0.449. The van der Waals surface area contributed by atoms with Gasteiger partial charge in [0.1, 0.15) is 0 Å². The molecule has 0 aliphatic heterocycles. The molecule has 0 saturated heterocycles. The summed E-state index contributed by atoms with van der Waals surface area (Å²) in [4.78, 5) is 0. The fourth-order valence-electron chi connectivity index (χ4n) is 2.26. The molecule has 4 heteroatoms. The number of nitrogens with zero attached hydrogens (tertiary/aromatic N) is 2. The highest BCUT2D eigenvalue weighted by Crippen LogP contribution is 2.30. The van der Waals surface area contributed by atoms with Crippen LogP contribution in [0.15, 0.2) is 30.3 Å². The van der Waals surface area contributed by atoms with Gasteiger partial charge in [0, 0.05) is 13.0 Å². The van der Waals surface area contributed by atoms with Crippen molar-refractivity contribution in [1.29, 1.82) is 0 Å². The van der Waals surface area contributed by atoms with Crippen LogP contribution in [0.1, 0.15) is 30.8 Å². The summed E-state index contributed by atoms with van der Waals surface area (Å²) in [5, 5.41) is 15.7. The molecule has 0 aliphatic carbocycles. The zero-order chi connectivity index (χ0) is 14.0. The highest BCUT2D eigenvalue weighted by Gasteiger charge is 2.27. The molecule has 0 bridgehead atoms. The van der Waals surface area contributed by atoms with E-state index < -0.39 is 5.60 Å². The van der Waals surface area contributed by atoms with E-state index in [1.165, 1.54) is 0 Å². The van der Waals surface area contributed by atoms with Gasteiger partial charge in [-0.2, -0.15) is 5.10 Å². The summed E-state index contributed by atoms with van der Waals surface area (Å²) in [6.45, 7) is 6.45. The lowest BCUT2D eigenvalue weighted by Gasteiger charge is -2.24. The number of aliphatic hydroxyl groups is 1. The third kappa shape index (κ3) is 2.82. The van der Waals surface area contributed by atoms with Crippen molar-refractivity contribution in [1.82, 2.24) is 9.78 Å². The first-order valence-corrected chi connectivity index (χ1v) is 6.83. The quantitative estimate of drug-likeness (QED) is 0.932. The molecule has 0 spiro atoms. The van der Waals surface area contributed by atoms with E-state index in [1.807, 2.05) is 48.9 Å². The number of aryl methyl sites for hydroxylation is 2. The van der Waals surface area contributed by atoms with Gasteiger partial charge in [-0.15, -0.1) is 0 Å². The third-order valence-electron chi connectivity index (χ3n) is 3.36. The van der Waals surface area contributed by atoms with Gasteiger partial charge in [-0.3, -0.25) is 4.68 Å². The van der Waals surface area contributed by atoms with Crippen LogP contribution in [0, 0.1) is 6.92 Å². The van der Waals surface area contributed by atoms with Crippen molar-refractivity contribution < 1.29 is 5.11 Å². The molecule has 1 aromatic carbocycles. The van der Waals surface area contributed by atoms with Crippen molar-refractivity contribution >= 4 is 11.6 Å². The zero-order valence-corrected chi connectivity index (χ0v) is 12.3. The molecule has 1 aromatic heterocycles. The minimum Gasteiger partial charge on any atom is -0.385 e. The standard InChI is InChI=1S/C15H19ClN2O/c1-4-18-13(14(16)11(2)17-18)10-15(3,19)12-8-6-5-7-9-12/h5-9,19H,4,10H2,1-3H3. The molecule has 2 aromatic rings. The number of rotatable bonds is 4. The molecule has 0 radical (unpaired) electrons. The molecule has 1 unspecified atom stereocenters. The summed E-state index contributed by atoms with van der Waals surface area (Å²) < 4.78 is 1.86. The topological polar surface area (TPSA) is 38.0 Å². The fraction of sp³-hybridized carbons (Fsp3) is 0.400. The number of aromatic nitrogens is 2. The van der Waals surface area contributed by atoms with Gasteiger partial charge in [-0.25, -0.2) is 0 Å². The average Bonchev–Trinajstić information content (AvgIpc) is 2.67. The summed E-state index contributed by atoms with van der Waals surface area (Å²) in [5.41, 5.74) is 1.62. The molecule has 102 valence electrons. The van der Waals surface area contributed by atoms with E-state index >= 15 is 0 Å². The molecule has 0 amide bonds. The first-order valence-electron chi connectivity index (χ1n) is 6.45. The molecular weight excluding hydrogens is 260 g/mol. The Morgan fingerprint density at radius 3 is 2.53 bits per heavy atom. The van der Waals surface area contributed by atoms with Crippen LogP contribution >= 0.6 is 11.6 Å². The van der Waals surface area contributed by atoms with Crippen LogP contribution in [0.3, 0.4) is 0 Å². The first-order chi connectivity index (χ1) is 8.95. The van der Waals surface area contributed by atoms with Crippen LogP contribution in [0.5, 0.6) is 0 Å². The van der Waals surface area contributed by atoms with Crippen molar-refractivity contribution in [3.05, 3.63) is 52.3 Å². The third-order valence-corrected chi connectivity index (χ3v) is 3.85. The highest BCUT2D eigenvalue weighted by molar-refractivity contribution is 6.31. The molecule has 0 aliphatic rings. The van der Waals surface area contributed by atoms with Crippen LogP contribution in [0.25, 0.3) is 0 Å². The molecule has 2 rings (SSSR count). The van der Waals surface area contributed by atoms with Crippen molar-refractivity contribution in [2.45, 2.75) is 39.3 Å². The van der Waals surface area contributed by atoms with E-state index in [0.717, 1.165) is 23.5 Å². The Bertz CT molecular complexity index is 561. The maximum absolute atomic E-state index is 10.7. The van der Waals surface area contributed by atoms with Crippen LogP contribution in [0.4, 0.5) is 0 Å². The Balaban J connectivity index is 2.35. The molecule has 0 fully saturated rings. The Hall–Kier alpha value is -1.32. The minimum atomic E-state index is -0.954. The van der Waals surface area contributed by atoms with E-state index in [1.54, 1.807) is 6.92 Å². The Kier molecular flexibility index (Phi) is 3.97. The van der Waals surface area contributed by atoms with E-state index in [-0.39, 0.29) is 0 Å². The Morgan fingerprint density at radius 1 is 1.32 bits per heavy atom. The van der Waals surface area contributed by atoms with E-state index in [4.69, 9.17) is 11.6 Å². The lowest BCUT2D eigenvalue weighted by molar-refractivity contribution is 0.0554. The molecule has 3 nitrogen and oxygen atoms in total. The van der Waals surface area contributed by atoms with Gasteiger partial charge in [0.15, 0.2) is 0 Å². The van der Waals surface area contributed by atoms with Gasteiger partial charge < -0.3 is 5.11 Å². The van der Waals surface area contributed by atoms with Crippen LogP contribution in [-0.2, 0) is 18.6 Å². The van der Waals surface area contributed by atoms with Crippen LogP contribution in [-0.4, -0.2) is 14.9 Å². The van der Waals surface area contributed by atoms with E-state index in [9.17, 15) is 5.11 Å². The normalized spacial score (nSPS) is 14.4. The van der Waals surface area contributed by atoms with Crippen LogP contribution < -0.4 is 0 Å². The fourth-order valence-corrected chi connectivity index (χ4v) is 2.47. The Labute approximate surface area is 118 Å². The smallest absolute Gasteiger partial charge is 0.0924 e. The lowest BCUT2D eigenvalue weighted by atomic mass is 9.91. The Morgan fingerprint density at radius 2 is 1.95 bits per heavy atom. The zero-order valence-electron chi connectivity index (χ0n) is 11.5. The molecule has 1 N–H and O–H groups in total. The van der Waals surface area contributed by atoms with Gasteiger partial charge >= 0.3 is 0 Å². The molecular formula is C15H19ClN2O. The number of hydrogen-bond donors (Lipinski definition) is 1. The summed E-state index contributed by atoms with van der Waals surface area (Å²) in [6, 6.07) is 9.63. The summed E-state index contributed by atoms with van der Waals surface area (Å²) in [6.07, 6.45) is 0.449. The second-order valence-corrected chi connectivity index (χ2v) is 5.36.